The lowest BCUT2D eigenvalue weighted by molar-refractivity contribution is 0.584. The van der Waals surface area contributed by atoms with E-state index in [1.807, 2.05) is 0 Å². The number of nitrogens with zero attached hydrogens (tertiary/aromatic N) is 4. The Labute approximate surface area is 119 Å². The standard InChI is InChI=1S/C12H12ClF2N5/c1-6-4-5-7(14)9(8(6)15)16-11-17-10(13)18-12(19-11)20(2)3/h4-5H,1-3H3,(H,16,17,18,19). The van der Waals surface area contributed by atoms with Gasteiger partial charge in [0.25, 0.3) is 0 Å². The highest BCUT2D eigenvalue weighted by atomic mass is 35.5. The van der Waals surface area contributed by atoms with Gasteiger partial charge in [-0.2, -0.15) is 15.0 Å². The fraction of sp³-hybridized carbons (Fsp3) is 0.250. The lowest BCUT2D eigenvalue weighted by Gasteiger charge is -2.13. The highest BCUT2D eigenvalue weighted by Gasteiger charge is 2.14. The Hall–Kier alpha value is -2.02. The van der Waals surface area contributed by atoms with Crippen molar-refractivity contribution in [2.45, 2.75) is 6.92 Å². The van der Waals surface area contributed by atoms with Gasteiger partial charge in [-0.25, -0.2) is 8.78 Å². The molecule has 0 aliphatic carbocycles. The summed E-state index contributed by atoms with van der Waals surface area (Å²) in [6.07, 6.45) is 0. The molecule has 20 heavy (non-hydrogen) atoms. The van der Waals surface area contributed by atoms with Crippen LogP contribution in [0.3, 0.4) is 0 Å². The molecule has 0 saturated carbocycles. The normalized spacial score (nSPS) is 10.5. The first-order chi connectivity index (χ1) is 9.38. The summed E-state index contributed by atoms with van der Waals surface area (Å²) >= 11 is 5.75. The van der Waals surface area contributed by atoms with Crippen molar-refractivity contribution in [3.8, 4) is 0 Å². The molecule has 1 aromatic carbocycles. The van der Waals surface area contributed by atoms with E-state index in [9.17, 15) is 8.78 Å². The van der Waals surface area contributed by atoms with Crippen molar-refractivity contribution >= 4 is 29.2 Å². The van der Waals surface area contributed by atoms with Crippen LogP contribution in [0.4, 0.5) is 26.4 Å². The van der Waals surface area contributed by atoms with Gasteiger partial charge in [0.05, 0.1) is 0 Å². The summed E-state index contributed by atoms with van der Waals surface area (Å²) in [5.41, 5.74) is -0.0149. The molecule has 8 heteroatoms. The van der Waals surface area contributed by atoms with Crippen molar-refractivity contribution in [1.29, 1.82) is 0 Å². The summed E-state index contributed by atoms with van der Waals surface area (Å²) in [5.74, 6) is -1.19. The first-order valence-corrected chi connectivity index (χ1v) is 6.07. The maximum Gasteiger partial charge on any atom is 0.233 e. The van der Waals surface area contributed by atoms with E-state index in [-0.39, 0.29) is 22.9 Å². The SMILES string of the molecule is Cc1ccc(F)c(Nc2nc(Cl)nc(N(C)C)n2)c1F. The summed E-state index contributed by atoms with van der Waals surface area (Å²) in [6.45, 7) is 1.53. The lowest BCUT2D eigenvalue weighted by Crippen LogP contribution is -2.15. The molecule has 5 nitrogen and oxygen atoms in total. The molecule has 0 amide bonds. The molecule has 0 aliphatic rings. The molecule has 106 valence electrons. The van der Waals surface area contributed by atoms with E-state index < -0.39 is 11.6 Å². The Balaban J connectivity index is 2.43. The second-order valence-corrected chi connectivity index (χ2v) is 4.64. The van der Waals surface area contributed by atoms with E-state index in [1.54, 1.807) is 19.0 Å². The van der Waals surface area contributed by atoms with Crippen molar-refractivity contribution in [3.63, 3.8) is 0 Å². The zero-order valence-electron chi connectivity index (χ0n) is 11.1. The number of hydrogen-bond acceptors (Lipinski definition) is 5. The molecule has 0 saturated heterocycles. The zero-order valence-corrected chi connectivity index (χ0v) is 11.8. The third-order valence-corrected chi connectivity index (χ3v) is 2.69. The highest BCUT2D eigenvalue weighted by Crippen LogP contribution is 2.25. The average Bonchev–Trinajstić information content (AvgIpc) is 2.38. The number of halogens is 3. The number of rotatable bonds is 3. The van der Waals surface area contributed by atoms with Crippen LogP contribution >= 0.6 is 11.6 Å². The van der Waals surface area contributed by atoms with E-state index in [2.05, 4.69) is 20.3 Å². The smallest absolute Gasteiger partial charge is 0.233 e. The van der Waals surface area contributed by atoms with Crippen molar-refractivity contribution in [2.24, 2.45) is 0 Å². The Bertz CT molecular complexity index is 648. The first kappa shape index (κ1) is 14.4. The maximum absolute atomic E-state index is 13.9. The number of aromatic nitrogens is 3. The van der Waals surface area contributed by atoms with Gasteiger partial charge in [-0.1, -0.05) is 6.07 Å². The van der Waals surface area contributed by atoms with Crippen molar-refractivity contribution in [1.82, 2.24) is 15.0 Å². The third kappa shape index (κ3) is 2.93. The van der Waals surface area contributed by atoms with Gasteiger partial charge in [0, 0.05) is 14.1 Å². The Morgan fingerprint density at radius 3 is 2.50 bits per heavy atom. The fourth-order valence-corrected chi connectivity index (χ4v) is 1.63. The lowest BCUT2D eigenvalue weighted by atomic mass is 10.2. The molecule has 0 radical (unpaired) electrons. The third-order valence-electron chi connectivity index (χ3n) is 2.52. The summed E-state index contributed by atoms with van der Waals surface area (Å²) in [4.78, 5) is 13.3. The minimum atomic E-state index is -0.740. The van der Waals surface area contributed by atoms with E-state index in [0.717, 1.165) is 6.07 Å². The number of hydrogen-bond donors (Lipinski definition) is 1. The van der Waals surface area contributed by atoms with Crippen molar-refractivity contribution in [2.75, 3.05) is 24.3 Å². The van der Waals surface area contributed by atoms with Crippen LogP contribution in [0, 0.1) is 18.6 Å². The van der Waals surface area contributed by atoms with E-state index in [0.29, 0.717) is 5.56 Å². The fourth-order valence-electron chi connectivity index (χ4n) is 1.48. The van der Waals surface area contributed by atoms with Crippen LogP contribution in [-0.2, 0) is 0 Å². The van der Waals surface area contributed by atoms with Crippen LogP contribution in [0.15, 0.2) is 12.1 Å². The van der Waals surface area contributed by atoms with E-state index >= 15 is 0 Å². The van der Waals surface area contributed by atoms with Crippen LogP contribution in [0.25, 0.3) is 0 Å². The largest absolute Gasteiger partial charge is 0.347 e. The van der Waals surface area contributed by atoms with Gasteiger partial charge in [-0.15, -0.1) is 0 Å². The Morgan fingerprint density at radius 1 is 1.15 bits per heavy atom. The van der Waals surface area contributed by atoms with Crippen LogP contribution in [0.1, 0.15) is 5.56 Å². The number of anilines is 3. The predicted molar refractivity (Wildman–Crippen MR) is 73.5 cm³/mol. The van der Waals surface area contributed by atoms with Crippen LogP contribution < -0.4 is 10.2 Å². The number of benzene rings is 1. The molecule has 2 rings (SSSR count). The van der Waals surface area contributed by atoms with Gasteiger partial charge < -0.3 is 10.2 Å². The van der Waals surface area contributed by atoms with Gasteiger partial charge in [-0.05, 0) is 30.2 Å². The van der Waals surface area contributed by atoms with Crippen LogP contribution in [0.5, 0.6) is 0 Å². The minimum Gasteiger partial charge on any atom is -0.347 e. The molecule has 0 atom stereocenters. The summed E-state index contributed by atoms with van der Waals surface area (Å²) in [7, 11) is 3.42. The van der Waals surface area contributed by atoms with Crippen LogP contribution in [0.2, 0.25) is 5.28 Å². The van der Waals surface area contributed by atoms with E-state index in [1.165, 1.54) is 13.0 Å². The molecule has 0 unspecified atom stereocenters. The molecular weight excluding hydrogens is 288 g/mol. The average molecular weight is 300 g/mol. The van der Waals surface area contributed by atoms with Crippen LogP contribution in [-0.4, -0.2) is 29.0 Å². The summed E-state index contributed by atoms with van der Waals surface area (Å²) in [5, 5.41) is 2.42. The molecule has 2 aromatic rings. The minimum absolute atomic E-state index is 0.0305. The topological polar surface area (TPSA) is 53.9 Å². The molecule has 0 fully saturated rings. The van der Waals surface area contributed by atoms with Gasteiger partial charge in [0.2, 0.25) is 17.2 Å². The first-order valence-electron chi connectivity index (χ1n) is 5.69. The molecule has 0 bridgehead atoms. The molecule has 1 heterocycles. The Kier molecular flexibility index (Phi) is 3.99. The predicted octanol–water partition coefficient (Wildman–Crippen LogP) is 2.92. The monoisotopic (exact) mass is 299 g/mol. The maximum atomic E-state index is 13.9. The van der Waals surface area contributed by atoms with Gasteiger partial charge in [-0.3, -0.25) is 0 Å². The summed E-state index contributed by atoms with van der Waals surface area (Å²) < 4.78 is 27.5. The second-order valence-electron chi connectivity index (χ2n) is 4.30. The molecular formula is C12H12ClF2N5. The second kappa shape index (κ2) is 5.54. The number of aryl methyl sites for hydroxylation is 1. The molecule has 1 N–H and O–H groups in total. The quantitative estimate of drug-likeness (QED) is 0.944. The Morgan fingerprint density at radius 2 is 1.85 bits per heavy atom. The van der Waals surface area contributed by atoms with Gasteiger partial charge in [0.15, 0.2) is 5.82 Å². The summed E-state index contributed by atoms with van der Waals surface area (Å²) in [6, 6.07) is 2.51. The van der Waals surface area contributed by atoms with Gasteiger partial charge in [0.1, 0.15) is 11.5 Å². The van der Waals surface area contributed by atoms with Crippen molar-refractivity contribution < 1.29 is 8.78 Å². The van der Waals surface area contributed by atoms with Crippen molar-refractivity contribution in [3.05, 3.63) is 34.6 Å². The highest BCUT2D eigenvalue weighted by molar-refractivity contribution is 6.28. The van der Waals surface area contributed by atoms with Gasteiger partial charge >= 0.3 is 0 Å². The molecule has 0 spiro atoms. The van der Waals surface area contributed by atoms with E-state index in [4.69, 9.17) is 11.6 Å². The number of nitrogens with one attached hydrogen (secondary N) is 1. The zero-order chi connectivity index (χ0) is 14.9. The molecule has 0 aliphatic heterocycles. The molecule has 1 aromatic heterocycles.